The van der Waals surface area contributed by atoms with E-state index < -0.39 is 12.1 Å². The molecule has 1 saturated heterocycles. The Labute approximate surface area is 140 Å². The average molecular weight is 344 g/mol. The van der Waals surface area contributed by atoms with Gasteiger partial charge in [0, 0.05) is 19.1 Å². The van der Waals surface area contributed by atoms with Gasteiger partial charge >= 0.3 is 5.97 Å². The van der Waals surface area contributed by atoms with E-state index in [1.807, 2.05) is 6.07 Å². The average Bonchev–Trinajstić information content (AvgIpc) is 2.87. The number of nitrogens with two attached hydrogens (primary N) is 2. The molecule has 1 aliphatic carbocycles. The third kappa shape index (κ3) is 5.47. The normalized spacial score (nSPS) is 22.1. The minimum absolute atomic E-state index is 0. The topological polar surface area (TPSA) is 128 Å². The molecule has 6 N–H and O–H groups in total. The van der Waals surface area contributed by atoms with Crippen molar-refractivity contribution in [3.05, 3.63) is 34.9 Å². The number of ether oxygens (including phenoxy) is 1. The van der Waals surface area contributed by atoms with Crippen molar-refractivity contribution in [2.45, 2.75) is 25.0 Å². The lowest BCUT2D eigenvalue weighted by atomic mass is 10.1. The van der Waals surface area contributed by atoms with Crippen molar-refractivity contribution < 1.29 is 19.4 Å². The third-order valence-electron chi connectivity index (χ3n) is 3.66. The lowest BCUT2D eigenvalue weighted by Crippen LogP contribution is -2.45. The molecule has 1 aliphatic heterocycles. The predicted molar refractivity (Wildman–Crippen MR) is 87.8 cm³/mol. The zero-order valence-corrected chi connectivity index (χ0v) is 13.5. The molecule has 0 saturated carbocycles. The minimum Gasteiger partial charge on any atom is -0.478 e. The van der Waals surface area contributed by atoms with Crippen molar-refractivity contribution in [2.24, 2.45) is 11.5 Å². The van der Waals surface area contributed by atoms with Crippen LogP contribution in [0.2, 0.25) is 0 Å². The first-order valence-electron chi connectivity index (χ1n) is 7.19. The molecular weight excluding hydrogens is 322 g/mol. The van der Waals surface area contributed by atoms with Gasteiger partial charge in [0.1, 0.15) is 6.10 Å². The fraction of sp³-hybridized carbons (Fsp3) is 0.467. The maximum atomic E-state index is 10.7. The van der Waals surface area contributed by atoms with Crippen molar-refractivity contribution in [3.63, 3.8) is 0 Å². The number of carbonyl (C=O) groups excluding carboxylic acids is 1. The van der Waals surface area contributed by atoms with Crippen molar-refractivity contribution in [2.75, 3.05) is 19.7 Å². The van der Waals surface area contributed by atoms with Gasteiger partial charge in [0.25, 0.3) is 0 Å². The summed E-state index contributed by atoms with van der Waals surface area (Å²) in [6, 6.07) is 5.40. The lowest BCUT2D eigenvalue weighted by Gasteiger charge is -2.20. The van der Waals surface area contributed by atoms with Gasteiger partial charge in [0.2, 0.25) is 5.91 Å². The van der Waals surface area contributed by atoms with Crippen molar-refractivity contribution in [1.82, 2.24) is 5.32 Å². The number of hydrogen-bond acceptors (Lipinski definition) is 5. The van der Waals surface area contributed by atoms with Gasteiger partial charge in [-0.1, -0.05) is 6.07 Å². The van der Waals surface area contributed by atoms with Gasteiger partial charge in [-0.15, -0.1) is 12.4 Å². The Morgan fingerprint density at radius 2 is 1.96 bits per heavy atom. The van der Waals surface area contributed by atoms with Crippen LogP contribution in [0.25, 0.3) is 0 Å². The quantitative estimate of drug-likeness (QED) is 0.583. The van der Waals surface area contributed by atoms with E-state index in [1.165, 1.54) is 5.56 Å². The van der Waals surface area contributed by atoms with Gasteiger partial charge < -0.3 is 26.6 Å². The molecule has 0 spiro atoms. The summed E-state index contributed by atoms with van der Waals surface area (Å²) in [4.78, 5) is 21.1. The highest BCUT2D eigenvalue weighted by Crippen LogP contribution is 2.22. The smallest absolute Gasteiger partial charge is 0.335 e. The van der Waals surface area contributed by atoms with Gasteiger partial charge in [-0.05, 0) is 36.1 Å². The second-order valence-corrected chi connectivity index (χ2v) is 5.42. The number of carboxylic acid groups (broad SMARTS) is 1. The number of carbonyl (C=O) groups is 2. The first-order chi connectivity index (χ1) is 10.5. The fourth-order valence-electron chi connectivity index (χ4n) is 2.53. The molecule has 2 unspecified atom stereocenters. The molecule has 3 rings (SSSR count). The molecule has 1 fully saturated rings. The summed E-state index contributed by atoms with van der Waals surface area (Å²) in [5, 5.41) is 11.7. The van der Waals surface area contributed by atoms with Crippen LogP contribution in [0.5, 0.6) is 0 Å². The van der Waals surface area contributed by atoms with E-state index in [2.05, 4.69) is 5.32 Å². The first-order valence-corrected chi connectivity index (χ1v) is 7.19. The number of carboxylic acids is 1. The van der Waals surface area contributed by atoms with E-state index in [0.717, 1.165) is 24.9 Å². The van der Waals surface area contributed by atoms with E-state index in [9.17, 15) is 9.59 Å². The number of rotatable bonds is 2. The molecule has 1 heterocycles. The molecule has 2 aliphatic rings. The summed E-state index contributed by atoms with van der Waals surface area (Å²) in [6.07, 6.45) is 1.25. The van der Waals surface area contributed by atoms with Gasteiger partial charge in [-0.3, -0.25) is 4.79 Å². The van der Waals surface area contributed by atoms with Crippen LogP contribution in [0.3, 0.4) is 0 Å². The molecule has 1 amide bonds. The van der Waals surface area contributed by atoms with Crippen LogP contribution in [0.15, 0.2) is 18.2 Å². The zero-order valence-electron chi connectivity index (χ0n) is 12.7. The minimum atomic E-state index is -0.872. The summed E-state index contributed by atoms with van der Waals surface area (Å²) >= 11 is 0. The summed E-state index contributed by atoms with van der Waals surface area (Å²) in [6.45, 7) is 1.94. The molecule has 0 radical (unpaired) electrons. The predicted octanol–water partition coefficient (Wildman–Crippen LogP) is -0.307. The number of primary amides is 1. The van der Waals surface area contributed by atoms with Crippen LogP contribution >= 0.6 is 12.4 Å². The number of nitrogens with one attached hydrogen (secondary N) is 1. The highest BCUT2D eigenvalue weighted by atomic mass is 35.5. The van der Waals surface area contributed by atoms with E-state index in [0.29, 0.717) is 18.7 Å². The highest BCUT2D eigenvalue weighted by molar-refractivity contribution is 5.88. The number of fused-ring (bicyclic) bond motifs is 1. The number of morpholine rings is 1. The molecular formula is C15H22ClN3O4. The van der Waals surface area contributed by atoms with Crippen molar-refractivity contribution in [1.29, 1.82) is 0 Å². The number of benzene rings is 1. The molecule has 128 valence electrons. The van der Waals surface area contributed by atoms with Crippen LogP contribution in [0.4, 0.5) is 0 Å². The molecule has 1 aromatic carbocycles. The summed E-state index contributed by atoms with van der Waals surface area (Å²) in [5.74, 6) is -1.26. The Balaban J connectivity index is 0.000000235. The maximum absolute atomic E-state index is 10.7. The Kier molecular flexibility index (Phi) is 7.44. The lowest BCUT2D eigenvalue weighted by molar-refractivity contribution is -0.130. The molecule has 23 heavy (non-hydrogen) atoms. The van der Waals surface area contributed by atoms with Gasteiger partial charge in [0.15, 0.2) is 0 Å². The van der Waals surface area contributed by atoms with Gasteiger partial charge in [-0.2, -0.15) is 0 Å². The van der Waals surface area contributed by atoms with E-state index in [4.69, 9.17) is 21.3 Å². The van der Waals surface area contributed by atoms with Gasteiger partial charge in [-0.25, -0.2) is 4.79 Å². The highest BCUT2D eigenvalue weighted by Gasteiger charge is 2.19. The van der Waals surface area contributed by atoms with Gasteiger partial charge in [0.05, 0.1) is 12.2 Å². The van der Waals surface area contributed by atoms with Crippen LogP contribution in [-0.2, 0) is 22.4 Å². The first kappa shape index (κ1) is 19.4. The van der Waals surface area contributed by atoms with Crippen LogP contribution < -0.4 is 16.8 Å². The molecule has 7 nitrogen and oxygen atoms in total. The molecule has 8 heteroatoms. The largest absolute Gasteiger partial charge is 0.478 e. The Morgan fingerprint density at radius 3 is 2.48 bits per heavy atom. The summed E-state index contributed by atoms with van der Waals surface area (Å²) in [5.41, 5.74) is 13.4. The Morgan fingerprint density at radius 1 is 1.26 bits per heavy atom. The van der Waals surface area contributed by atoms with Crippen molar-refractivity contribution in [3.8, 4) is 0 Å². The number of hydrogen-bond donors (Lipinski definition) is 4. The van der Waals surface area contributed by atoms with Crippen molar-refractivity contribution >= 4 is 24.3 Å². The monoisotopic (exact) mass is 343 g/mol. The second-order valence-electron chi connectivity index (χ2n) is 5.42. The fourth-order valence-corrected chi connectivity index (χ4v) is 2.53. The number of halogens is 1. The molecule has 2 atom stereocenters. The van der Waals surface area contributed by atoms with E-state index >= 15 is 0 Å². The van der Waals surface area contributed by atoms with Crippen LogP contribution in [0, 0.1) is 0 Å². The second kappa shape index (κ2) is 8.83. The molecule has 0 bridgehead atoms. The Bertz CT molecular complexity index is 562. The summed E-state index contributed by atoms with van der Waals surface area (Å²) in [7, 11) is 0. The van der Waals surface area contributed by atoms with E-state index in [1.54, 1.807) is 12.1 Å². The van der Waals surface area contributed by atoms with Crippen LogP contribution in [0.1, 0.15) is 21.5 Å². The van der Waals surface area contributed by atoms with Crippen LogP contribution in [-0.4, -0.2) is 48.8 Å². The Hall–Kier alpha value is -1.67. The molecule has 1 aromatic rings. The van der Waals surface area contributed by atoms with E-state index in [-0.39, 0.29) is 24.4 Å². The number of amides is 1. The third-order valence-corrected chi connectivity index (χ3v) is 3.66. The standard InChI is InChI=1S/C10H11NO2.C5H10N2O2.ClH/c11-9-4-6-1-2-7(10(12)13)3-8(6)5-9;6-5(8)4-3-7-1-2-9-4;/h1-3,9H,4-5,11H2,(H,12,13);4,7H,1-3H2,(H2,6,8);1H. The maximum Gasteiger partial charge on any atom is 0.335 e. The summed E-state index contributed by atoms with van der Waals surface area (Å²) < 4.78 is 5.00. The number of aromatic carboxylic acids is 1. The molecule has 0 aromatic heterocycles. The SMILES string of the molecule is Cl.NC(=O)C1CNCCO1.NC1Cc2ccc(C(=O)O)cc2C1. The zero-order chi connectivity index (χ0) is 16.1.